The fourth-order valence-corrected chi connectivity index (χ4v) is 3.24. The average molecular weight is 252 g/mol. The molecule has 3 nitrogen and oxygen atoms in total. The molecule has 2 N–H and O–H groups in total. The molecule has 0 radical (unpaired) electrons. The summed E-state index contributed by atoms with van der Waals surface area (Å²) in [4.78, 5) is 2.31. The van der Waals surface area contributed by atoms with E-state index in [2.05, 4.69) is 24.0 Å². The number of rotatable bonds is 3. The molecule has 0 aliphatic carbocycles. The number of anilines is 1. The Morgan fingerprint density at radius 3 is 2.65 bits per heavy atom. The number of para-hydroxylation sites is 1. The second-order valence-electron chi connectivity index (χ2n) is 4.41. The monoisotopic (exact) mass is 252 g/mol. The van der Waals surface area contributed by atoms with Gasteiger partial charge in [-0.1, -0.05) is 25.1 Å². The van der Waals surface area contributed by atoms with Crippen LogP contribution in [0.3, 0.4) is 0 Å². The van der Waals surface area contributed by atoms with Crippen molar-refractivity contribution < 1.29 is 4.21 Å². The maximum absolute atomic E-state index is 11.4. The van der Waals surface area contributed by atoms with Crippen LogP contribution in [-0.2, 0) is 10.8 Å². The van der Waals surface area contributed by atoms with E-state index in [1.54, 1.807) is 0 Å². The summed E-state index contributed by atoms with van der Waals surface area (Å²) in [7, 11) is -0.627. The fraction of sp³-hybridized carbons (Fsp3) is 0.538. The van der Waals surface area contributed by atoms with Gasteiger partial charge in [0, 0.05) is 47.1 Å². The van der Waals surface area contributed by atoms with E-state index in [1.807, 2.05) is 12.1 Å². The Kier molecular flexibility index (Phi) is 4.18. The Bertz CT molecular complexity index is 398. The van der Waals surface area contributed by atoms with Gasteiger partial charge in [0.1, 0.15) is 0 Å². The van der Waals surface area contributed by atoms with Gasteiger partial charge in [0.05, 0.1) is 0 Å². The SMILES string of the molecule is CCC(N)c1ccccc1N1CCS(=O)CC1. The minimum atomic E-state index is -0.627. The van der Waals surface area contributed by atoms with Gasteiger partial charge in [-0.3, -0.25) is 4.21 Å². The zero-order valence-corrected chi connectivity index (χ0v) is 11.1. The molecular weight excluding hydrogens is 232 g/mol. The molecule has 94 valence electrons. The van der Waals surface area contributed by atoms with Gasteiger partial charge in [-0.2, -0.15) is 0 Å². The third-order valence-corrected chi connectivity index (χ3v) is 4.57. The Balaban J connectivity index is 2.22. The molecule has 0 saturated carbocycles. The molecule has 1 aliphatic rings. The molecule has 1 aromatic carbocycles. The zero-order valence-electron chi connectivity index (χ0n) is 10.3. The van der Waals surface area contributed by atoms with Crippen molar-refractivity contribution in [1.29, 1.82) is 0 Å². The summed E-state index contributed by atoms with van der Waals surface area (Å²) in [5.74, 6) is 1.55. The van der Waals surface area contributed by atoms with Crippen molar-refractivity contribution >= 4 is 16.5 Å². The lowest BCUT2D eigenvalue weighted by Gasteiger charge is -2.31. The third kappa shape index (κ3) is 2.87. The predicted octanol–water partition coefficient (Wildman–Crippen LogP) is 1.67. The highest BCUT2D eigenvalue weighted by Crippen LogP contribution is 2.27. The van der Waals surface area contributed by atoms with Crippen LogP contribution in [0.5, 0.6) is 0 Å². The molecule has 1 atom stereocenters. The predicted molar refractivity (Wildman–Crippen MR) is 73.8 cm³/mol. The Hall–Kier alpha value is -0.870. The molecule has 4 heteroatoms. The minimum absolute atomic E-state index is 0.0959. The highest BCUT2D eigenvalue weighted by Gasteiger charge is 2.19. The normalized spacial score (nSPS) is 19.3. The van der Waals surface area contributed by atoms with Gasteiger partial charge in [0.2, 0.25) is 0 Å². The number of benzene rings is 1. The standard InChI is InChI=1S/C13H20N2OS/c1-2-12(14)11-5-3-4-6-13(11)15-7-9-17(16)10-8-15/h3-6,12H,2,7-10,14H2,1H3. The van der Waals surface area contributed by atoms with Crippen molar-refractivity contribution in [3.8, 4) is 0 Å². The smallest absolute Gasteiger partial charge is 0.0415 e. The van der Waals surface area contributed by atoms with Gasteiger partial charge in [-0.25, -0.2) is 0 Å². The van der Waals surface area contributed by atoms with Crippen molar-refractivity contribution in [3.63, 3.8) is 0 Å². The van der Waals surface area contributed by atoms with E-state index in [4.69, 9.17) is 5.73 Å². The molecule has 1 heterocycles. The van der Waals surface area contributed by atoms with Crippen molar-refractivity contribution in [3.05, 3.63) is 29.8 Å². The first-order valence-corrected chi connectivity index (χ1v) is 7.65. The molecule has 1 saturated heterocycles. The van der Waals surface area contributed by atoms with Crippen molar-refractivity contribution in [2.45, 2.75) is 19.4 Å². The number of hydrogen-bond donors (Lipinski definition) is 1. The van der Waals surface area contributed by atoms with E-state index in [9.17, 15) is 4.21 Å². The average Bonchev–Trinajstić information content (AvgIpc) is 2.39. The number of hydrogen-bond acceptors (Lipinski definition) is 3. The zero-order chi connectivity index (χ0) is 12.3. The van der Waals surface area contributed by atoms with Crippen LogP contribution in [0.1, 0.15) is 24.9 Å². The van der Waals surface area contributed by atoms with Gasteiger partial charge in [0.25, 0.3) is 0 Å². The maximum Gasteiger partial charge on any atom is 0.0415 e. The van der Waals surface area contributed by atoms with E-state index in [0.717, 1.165) is 31.0 Å². The van der Waals surface area contributed by atoms with E-state index < -0.39 is 10.8 Å². The van der Waals surface area contributed by atoms with Crippen molar-refractivity contribution in [1.82, 2.24) is 0 Å². The first-order chi connectivity index (χ1) is 8.22. The molecule has 2 rings (SSSR count). The number of nitrogens with zero attached hydrogens (tertiary/aromatic N) is 1. The van der Waals surface area contributed by atoms with Gasteiger partial charge in [-0.15, -0.1) is 0 Å². The van der Waals surface area contributed by atoms with Crippen LogP contribution in [0, 0.1) is 0 Å². The third-order valence-electron chi connectivity index (χ3n) is 3.29. The lowest BCUT2D eigenvalue weighted by atomic mass is 10.0. The van der Waals surface area contributed by atoms with Gasteiger partial charge in [0.15, 0.2) is 0 Å². The summed E-state index contributed by atoms with van der Waals surface area (Å²) < 4.78 is 11.4. The van der Waals surface area contributed by atoms with Crippen LogP contribution in [0.15, 0.2) is 24.3 Å². The number of nitrogens with two attached hydrogens (primary N) is 1. The maximum atomic E-state index is 11.4. The highest BCUT2D eigenvalue weighted by atomic mass is 32.2. The molecule has 0 spiro atoms. The van der Waals surface area contributed by atoms with Gasteiger partial charge >= 0.3 is 0 Å². The molecule has 1 aliphatic heterocycles. The van der Waals surface area contributed by atoms with Crippen LogP contribution in [0.25, 0.3) is 0 Å². The van der Waals surface area contributed by atoms with Crippen LogP contribution in [0.2, 0.25) is 0 Å². The van der Waals surface area contributed by atoms with Gasteiger partial charge < -0.3 is 10.6 Å². The molecule has 0 aromatic heterocycles. The molecule has 1 aromatic rings. The van der Waals surface area contributed by atoms with Crippen molar-refractivity contribution in [2.75, 3.05) is 29.5 Å². The second kappa shape index (κ2) is 5.65. The summed E-state index contributed by atoms with van der Waals surface area (Å²) in [5.41, 5.74) is 8.57. The fourth-order valence-electron chi connectivity index (χ4n) is 2.19. The summed E-state index contributed by atoms with van der Waals surface area (Å²) in [6.45, 7) is 3.85. The molecule has 17 heavy (non-hydrogen) atoms. The lowest BCUT2D eigenvalue weighted by Crippen LogP contribution is -2.38. The summed E-state index contributed by atoms with van der Waals surface area (Å²) >= 11 is 0. The van der Waals surface area contributed by atoms with Crippen molar-refractivity contribution in [2.24, 2.45) is 5.73 Å². The summed E-state index contributed by atoms with van der Waals surface area (Å²) in [5, 5.41) is 0. The first kappa shape index (κ1) is 12.6. The Morgan fingerprint density at radius 2 is 2.00 bits per heavy atom. The molecular formula is C13H20N2OS. The topological polar surface area (TPSA) is 46.3 Å². The summed E-state index contributed by atoms with van der Waals surface area (Å²) in [6.07, 6.45) is 0.941. The van der Waals surface area contributed by atoms with E-state index in [0.29, 0.717) is 0 Å². The van der Waals surface area contributed by atoms with E-state index in [-0.39, 0.29) is 6.04 Å². The minimum Gasteiger partial charge on any atom is -0.369 e. The summed E-state index contributed by atoms with van der Waals surface area (Å²) in [6, 6.07) is 8.41. The molecule has 0 bridgehead atoms. The Labute approximate surface area is 105 Å². The first-order valence-electron chi connectivity index (χ1n) is 6.16. The quantitative estimate of drug-likeness (QED) is 0.890. The largest absolute Gasteiger partial charge is 0.369 e. The lowest BCUT2D eigenvalue weighted by molar-refractivity contribution is 0.669. The Morgan fingerprint density at radius 1 is 1.35 bits per heavy atom. The van der Waals surface area contributed by atoms with E-state index >= 15 is 0 Å². The second-order valence-corrected chi connectivity index (χ2v) is 6.10. The highest BCUT2D eigenvalue weighted by molar-refractivity contribution is 7.85. The van der Waals surface area contributed by atoms with Crippen LogP contribution in [0.4, 0.5) is 5.69 Å². The molecule has 1 fully saturated rings. The van der Waals surface area contributed by atoms with Crippen LogP contribution >= 0.6 is 0 Å². The van der Waals surface area contributed by atoms with E-state index in [1.165, 1.54) is 11.3 Å². The molecule has 1 unspecified atom stereocenters. The van der Waals surface area contributed by atoms with Crippen LogP contribution < -0.4 is 10.6 Å². The molecule has 0 amide bonds. The van der Waals surface area contributed by atoms with Gasteiger partial charge in [-0.05, 0) is 18.1 Å². The van der Waals surface area contributed by atoms with Crippen LogP contribution in [-0.4, -0.2) is 28.8 Å².